The molecular weight excluding hydrogens is 88.1 g/mol. The average molecular weight is 92.1 g/mol. The van der Waals surface area contributed by atoms with Crippen LogP contribution in [0.3, 0.4) is 0 Å². The first-order valence-corrected chi connectivity index (χ1v) is 1.72. The van der Waals surface area contributed by atoms with E-state index in [0.717, 1.165) is 0 Å². The Morgan fingerprint density at radius 1 is 0.857 bits per heavy atom. The lowest BCUT2D eigenvalue weighted by atomic mass is 10.6. The van der Waals surface area contributed by atoms with Gasteiger partial charge in [0.05, 0.1) is 0 Å². The molecule has 0 aliphatic carbocycles. The van der Waals surface area contributed by atoms with Crippen molar-refractivity contribution in [2.24, 2.45) is 0 Å². The van der Waals surface area contributed by atoms with Gasteiger partial charge in [-0.1, -0.05) is 0 Å². The summed E-state index contributed by atoms with van der Waals surface area (Å²) in [7, 11) is 0. The van der Waals surface area contributed by atoms with E-state index in [1.165, 1.54) is 0 Å². The molecule has 0 saturated heterocycles. The second kappa shape index (κ2) is 3.28. The first kappa shape index (κ1) is 6.08. The van der Waals surface area contributed by atoms with Gasteiger partial charge in [0, 0.05) is 19.8 Å². The van der Waals surface area contributed by atoms with Gasteiger partial charge in [-0.05, 0) is 12.1 Å². The van der Waals surface area contributed by atoms with Crippen molar-refractivity contribution in [1.29, 1.82) is 0 Å². The van der Waals surface area contributed by atoms with E-state index in [2.05, 4.69) is 10.2 Å². The Morgan fingerprint density at radius 3 is 1.43 bits per heavy atom. The van der Waals surface area contributed by atoms with Crippen LogP contribution in [0.1, 0.15) is 0 Å². The van der Waals surface area contributed by atoms with Gasteiger partial charge in [-0.3, -0.25) is 0 Å². The largest absolute Gasteiger partial charge is 0.159 e. The van der Waals surface area contributed by atoms with Gasteiger partial charge in [0.2, 0.25) is 0 Å². The molecule has 0 atom stereocenters. The molecule has 4 radical (unpaired) electrons. The lowest BCUT2D eigenvalue weighted by molar-refractivity contribution is 1.03. The van der Waals surface area contributed by atoms with E-state index in [0.29, 0.717) is 0 Å². The fraction of sp³-hybridized carbons (Fsp3) is 0. The number of hydrogen-bond acceptors (Lipinski definition) is 2. The van der Waals surface area contributed by atoms with Gasteiger partial charge >= 0.3 is 0 Å². The summed E-state index contributed by atoms with van der Waals surface area (Å²) in [6.07, 6.45) is 3.28. The fourth-order valence-electron chi connectivity index (χ4n) is 0.253. The van der Waals surface area contributed by atoms with E-state index in [4.69, 9.17) is 0 Å². The topological polar surface area (TPSA) is 25.8 Å². The third kappa shape index (κ3) is 1.87. The van der Waals surface area contributed by atoms with Crippen molar-refractivity contribution < 1.29 is 0 Å². The summed E-state index contributed by atoms with van der Waals surface area (Å²) in [6, 6.07) is 3.65. The van der Waals surface area contributed by atoms with Gasteiger partial charge < -0.3 is 0 Å². The molecule has 0 unspecified atom stereocenters. The molecule has 0 aliphatic rings. The molecular formula is C5H4N2. The van der Waals surface area contributed by atoms with Crippen LogP contribution in [0.15, 0.2) is 24.5 Å². The van der Waals surface area contributed by atoms with Gasteiger partial charge in [0.1, 0.15) is 0 Å². The highest BCUT2D eigenvalue weighted by atomic mass is 15.1. The summed E-state index contributed by atoms with van der Waals surface area (Å²) in [5.41, 5.74) is 0. The molecule has 2 heteroatoms. The molecule has 2 nitrogen and oxygen atoms in total. The van der Waals surface area contributed by atoms with E-state index >= 15 is 0 Å². The normalized spacial score (nSPS) is 6.86. The molecule has 0 aliphatic heterocycles. The van der Waals surface area contributed by atoms with Gasteiger partial charge in [-0.2, -0.15) is 10.2 Å². The van der Waals surface area contributed by atoms with Crippen LogP contribution in [0, 0.1) is 7.43 Å². The molecule has 0 saturated carbocycles. The van der Waals surface area contributed by atoms with Gasteiger partial charge in [-0.25, -0.2) is 0 Å². The minimum atomic E-state index is 0. The summed E-state index contributed by atoms with van der Waals surface area (Å²) in [4.78, 5) is 0. The molecule has 0 aromatic carbocycles. The molecule has 1 rings (SSSR count). The van der Waals surface area contributed by atoms with Crippen LogP contribution in [-0.4, -0.2) is 10.2 Å². The van der Waals surface area contributed by atoms with Crippen molar-refractivity contribution in [3.63, 3.8) is 0 Å². The number of nitrogens with zero attached hydrogens (tertiary/aromatic N) is 2. The Kier molecular flexibility index (Phi) is 2.85. The molecule has 1 aromatic heterocycles. The second-order valence-electron chi connectivity index (χ2n) is 0.914. The maximum atomic E-state index is 3.53. The molecule has 0 amide bonds. The minimum absolute atomic E-state index is 0. The minimum Gasteiger partial charge on any atom is -0.159 e. The maximum absolute atomic E-state index is 3.53. The highest BCUT2D eigenvalue weighted by molar-refractivity contribution is 4.79. The molecule has 0 bridgehead atoms. The molecule has 1 heterocycles. The smallest absolute Gasteiger partial charge is 0.0496 e. The summed E-state index contributed by atoms with van der Waals surface area (Å²) >= 11 is 0. The van der Waals surface area contributed by atoms with Gasteiger partial charge in [-0.15, -0.1) is 0 Å². The SMILES string of the molecule is [C].c1ccnnc1. The van der Waals surface area contributed by atoms with Crippen LogP contribution in [0.2, 0.25) is 0 Å². The van der Waals surface area contributed by atoms with E-state index in [-0.39, 0.29) is 7.43 Å². The number of aromatic nitrogens is 2. The van der Waals surface area contributed by atoms with Crippen LogP contribution in [0.25, 0.3) is 0 Å². The van der Waals surface area contributed by atoms with E-state index < -0.39 is 0 Å². The van der Waals surface area contributed by atoms with Crippen molar-refractivity contribution in [3.05, 3.63) is 32.0 Å². The first-order valence-electron chi connectivity index (χ1n) is 1.72. The first-order chi connectivity index (χ1) is 3.00. The Balaban J connectivity index is 0.000000360. The van der Waals surface area contributed by atoms with Crippen LogP contribution < -0.4 is 0 Å². The zero-order chi connectivity index (χ0) is 4.24. The summed E-state index contributed by atoms with van der Waals surface area (Å²) in [5, 5.41) is 7.07. The van der Waals surface area contributed by atoms with E-state index in [9.17, 15) is 0 Å². The van der Waals surface area contributed by atoms with E-state index in [1.54, 1.807) is 12.4 Å². The zero-order valence-electron chi connectivity index (χ0n) is 3.70. The van der Waals surface area contributed by atoms with Crippen LogP contribution >= 0.6 is 0 Å². The Morgan fingerprint density at radius 2 is 1.29 bits per heavy atom. The molecule has 7 heavy (non-hydrogen) atoms. The van der Waals surface area contributed by atoms with Crippen molar-refractivity contribution in [1.82, 2.24) is 10.2 Å². The summed E-state index contributed by atoms with van der Waals surface area (Å²) in [5.74, 6) is 0. The van der Waals surface area contributed by atoms with Crippen LogP contribution in [-0.2, 0) is 0 Å². The third-order valence-electron chi connectivity index (χ3n) is 0.483. The molecule has 0 fully saturated rings. The van der Waals surface area contributed by atoms with Crippen LogP contribution in [0.5, 0.6) is 0 Å². The lowest BCUT2D eigenvalue weighted by Crippen LogP contribution is -1.69. The monoisotopic (exact) mass is 92.0 g/mol. The van der Waals surface area contributed by atoms with Crippen molar-refractivity contribution in [3.8, 4) is 0 Å². The van der Waals surface area contributed by atoms with Gasteiger partial charge in [0.25, 0.3) is 0 Å². The van der Waals surface area contributed by atoms with Crippen molar-refractivity contribution in [2.75, 3.05) is 0 Å². The highest BCUT2D eigenvalue weighted by Gasteiger charge is 1.59. The average Bonchev–Trinajstić information content (AvgIpc) is 1.72. The predicted molar refractivity (Wildman–Crippen MR) is 25.3 cm³/mol. The molecule has 0 spiro atoms. The number of hydrogen-bond donors (Lipinski definition) is 0. The van der Waals surface area contributed by atoms with Gasteiger partial charge in [0.15, 0.2) is 0 Å². The Labute approximate surface area is 43.2 Å². The van der Waals surface area contributed by atoms with Crippen LogP contribution in [0.4, 0.5) is 0 Å². The quantitative estimate of drug-likeness (QED) is 0.467. The fourth-order valence-corrected chi connectivity index (χ4v) is 0.253. The highest BCUT2D eigenvalue weighted by Crippen LogP contribution is 1.68. The van der Waals surface area contributed by atoms with E-state index in [1.807, 2.05) is 12.1 Å². The number of rotatable bonds is 0. The second-order valence-corrected chi connectivity index (χ2v) is 0.914. The molecule has 0 N–H and O–H groups in total. The lowest BCUT2D eigenvalue weighted by Gasteiger charge is -1.69. The Hall–Kier alpha value is -0.920. The third-order valence-corrected chi connectivity index (χ3v) is 0.483. The molecule has 34 valence electrons. The summed E-state index contributed by atoms with van der Waals surface area (Å²) < 4.78 is 0. The standard InChI is InChI=1S/C4H4N2.C/c1-2-4-6-5-3-1;/h1-4H;. The Bertz CT molecular complexity index is 78.0. The predicted octanol–water partition coefficient (Wildman–Crippen LogP) is 0.558. The van der Waals surface area contributed by atoms with Crippen molar-refractivity contribution >= 4 is 0 Å². The maximum Gasteiger partial charge on any atom is 0.0496 e. The zero-order valence-corrected chi connectivity index (χ0v) is 3.70. The molecule has 1 aromatic rings. The summed E-state index contributed by atoms with van der Waals surface area (Å²) in [6.45, 7) is 0. The van der Waals surface area contributed by atoms with Crippen molar-refractivity contribution in [2.45, 2.75) is 0 Å².